The maximum Gasteiger partial charge on any atom is 0.0726 e. The van der Waals surface area contributed by atoms with Crippen LogP contribution in [0.5, 0.6) is 0 Å². The average molecular weight is 766 g/mol. The van der Waals surface area contributed by atoms with E-state index in [9.17, 15) is 0 Å². The molecule has 2 aliphatic carbocycles. The van der Waals surface area contributed by atoms with Crippen LogP contribution in [0.25, 0.3) is 65.7 Å². The minimum atomic E-state index is -0.474. The molecule has 0 fully saturated rings. The van der Waals surface area contributed by atoms with E-state index in [4.69, 9.17) is 0 Å². The number of nitrogens with zero attached hydrogens (tertiary/aromatic N) is 1. The molecule has 0 aromatic heterocycles. The van der Waals surface area contributed by atoms with Crippen molar-refractivity contribution in [3.8, 4) is 33.4 Å². The van der Waals surface area contributed by atoms with E-state index in [-0.39, 0.29) is 5.41 Å². The van der Waals surface area contributed by atoms with E-state index >= 15 is 0 Å². The van der Waals surface area contributed by atoms with Crippen molar-refractivity contribution in [2.45, 2.75) is 31.6 Å². The Morgan fingerprint density at radius 2 is 0.867 bits per heavy atom. The number of rotatable bonds is 4. The Hall–Kier alpha value is -7.22. The van der Waals surface area contributed by atoms with E-state index in [1.165, 1.54) is 99.2 Å². The molecular formula is C59H43N. The van der Waals surface area contributed by atoms with E-state index < -0.39 is 5.41 Å². The summed E-state index contributed by atoms with van der Waals surface area (Å²) in [6.07, 6.45) is 0. The van der Waals surface area contributed by atoms with Crippen molar-refractivity contribution in [2.75, 3.05) is 4.90 Å². The van der Waals surface area contributed by atoms with Crippen molar-refractivity contribution in [1.82, 2.24) is 0 Å². The van der Waals surface area contributed by atoms with Crippen molar-refractivity contribution in [1.29, 1.82) is 0 Å². The minimum Gasteiger partial charge on any atom is -0.309 e. The SMILES string of the molecule is CC(C)(C)c1ccc2c(c1)C1(c3ccccc3-c3ccccc31)c1cccc(N(c3ccc4c5ccccc5c5ccccc5c4c3)c3ccccc3-c3ccccc3)c1-2. The van der Waals surface area contributed by atoms with E-state index in [0.717, 1.165) is 11.4 Å². The number of fused-ring (bicyclic) bond motifs is 16. The summed E-state index contributed by atoms with van der Waals surface area (Å²) in [5.74, 6) is 0. The maximum atomic E-state index is 2.55. The van der Waals surface area contributed by atoms with Gasteiger partial charge in [0.2, 0.25) is 0 Å². The summed E-state index contributed by atoms with van der Waals surface area (Å²) in [5, 5.41) is 7.62. The Balaban J connectivity index is 1.21. The Morgan fingerprint density at radius 3 is 1.52 bits per heavy atom. The topological polar surface area (TPSA) is 3.24 Å². The molecule has 2 aliphatic rings. The number of para-hydroxylation sites is 1. The lowest BCUT2D eigenvalue weighted by Gasteiger charge is -2.33. The first kappa shape index (κ1) is 34.8. The highest BCUT2D eigenvalue weighted by Gasteiger charge is 2.52. The number of hydrogen-bond acceptors (Lipinski definition) is 1. The normalized spacial score (nSPS) is 13.4. The van der Waals surface area contributed by atoms with Gasteiger partial charge in [-0.05, 0) is 112 Å². The molecular weight excluding hydrogens is 723 g/mol. The van der Waals surface area contributed by atoms with Gasteiger partial charge in [-0.15, -0.1) is 0 Å². The fraction of sp³-hybridized carbons (Fsp3) is 0.0847. The maximum absolute atomic E-state index is 2.55. The predicted molar refractivity (Wildman–Crippen MR) is 254 cm³/mol. The van der Waals surface area contributed by atoms with Crippen LogP contribution in [0.15, 0.2) is 206 Å². The molecule has 0 saturated carbocycles. The lowest BCUT2D eigenvalue weighted by Crippen LogP contribution is -2.26. The second kappa shape index (κ2) is 12.9. The van der Waals surface area contributed by atoms with Crippen LogP contribution in [0, 0.1) is 0 Å². The molecule has 60 heavy (non-hydrogen) atoms. The van der Waals surface area contributed by atoms with E-state index in [0.29, 0.717) is 0 Å². The van der Waals surface area contributed by atoms with E-state index in [2.05, 4.69) is 232 Å². The smallest absolute Gasteiger partial charge is 0.0726 e. The number of anilines is 3. The van der Waals surface area contributed by atoms with Gasteiger partial charge in [-0.3, -0.25) is 0 Å². The molecule has 0 atom stereocenters. The third kappa shape index (κ3) is 4.81. The van der Waals surface area contributed by atoms with Crippen LogP contribution in [0.2, 0.25) is 0 Å². The highest BCUT2D eigenvalue weighted by Crippen LogP contribution is 2.65. The van der Waals surface area contributed by atoms with Gasteiger partial charge >= 0.3 is 0 Å². The number of benzene rings is 10. The predicted octanol–water partition coefficient (Wildman–Crippen LogP) is 15.9. The van der Waals surface area contributed by atoms with Crippen molar-refractivity contribution in [3.63, 3.8) is 0 Å². The van der Waals surface area contributed by atoms with Gasteiger partial charge in [0.15, 0.2) is 0 Å². The summed E-state index contributed by atoms with van der Waals surface area (Å²) in [4.78, 5) is 2.55. The van der Waals surface area contributed by atoms with Crippen LogP contribution in [0.3, 0.4) is 0 Å². The van der Waals surface area contributed by atoms with Crippen molar-refractivity contribution >= 4 is 49.4 Å². The van der Waals surface area contributed by atoms with Crippen LogP contribution in [0.4, 0.5) is 17.1 Å². The Bertz CT molecular complexity index is 3280. The summed E-state index contributed by atoms with van der Waals surface area (Å²) in [6.45, 7) is 7.00. The quantitative estimate of drug-likeness (QED) is 0.161. The molecule has 10 aromatic rings. The van der Waals surface area contributed by atoms with Gasteiger partial charge in [0.25, 0.3) is 0 Å². The van der Waals surface area contributed by atoms with Gasteiger partial charge in [0.05, 0.1) is 16.8 Å². The highest BCUT2D eigenvalue weighted by atomic mass is 15.1. The summed E-state index contributed by atoms with van der Waals surface area (Å²) < 4.78 is 0. The molecule has 0 radical (unpaired) electrons. The molecule has 0 bridgehead atoms. The van der Waals surface area contributed by atoms with Crippen LogP contribution in [-0.2, 0) is 10.8 Å². The summed E-state index contributed by atoms with van der Waals surface area (Å²) in [7, 11) is 0. The molecule has 1 spiro atoms. The van der Waals surface area contributed by atoms with E-state index in [1.807, 2.05) is 0 Å². The molecule has 0 unspecified atom stereocenters. The van der Waals surface area contributed by atoms with Crippen molar-refractivity contribution in [3.05, 3.63) is 234 Å². The molecule has 0 saturated heterocycles. The first-order chi connectivity index (χ1) is 29.4. The Kier molecular flexibility index (Phi) is 7.47. The summed E-state index contributed by atoms with van der Waals surface area (Å²) in [6, 6.07) is 77.4. The largest absolute Gasteiger partial charge is 0.309 e. The molecule has 0 amide bonds. The molecule has 1 nitrogen and oxygen atoms in total. The first-order valence-electron chi connectivity index (χ1n) is 21.2. The molecule has 284 valence electrons. The Morgan fingerprint density at radius 1 is 0.350 bits per heavy atom. The molecule has 1 heteroatoms. The third-order valence-corrected chi connectivity index (χ3v) is 13.4. The zero-order chi connectivity index (χ0) is 40.2. The van der Waals surface area contributed by atoms with Crippen LogP contribution < -0.4 is 4.90 Å². The molecule has 12 rings (SSSR count). The van der Waals surface area contributed by atoms with Crippen LogP contribution in [0.1, 0.15) is 48.6 Å². The van der Waals surface area contributed by atoms with Crippen LogP contribution >= 0.6 is 0 Å². The van der Waals surface area contributed by atoms with Gasteiger partial charge in [-0.1, -0.05) is 203 Å². The summed E-state index contributed by atoms with van der Waals surface area (Å²) >= 11 is 0. The number of hydrogen-bond donors (Lipinski definition) is 0. The van der Waals surface area contributed by atoms with Gasteiger partial charge in [-0.2, -0.15) is 0 Å². The van der Waals surface area contributed by atoms with E-state index in [1.54, 1.807) is 0 Å². The average Bonchev–Trinajstić information content (AvgIpc) is 3.77. The van der Waals surface area contributed by atoms with Gasteiger partial charge in [0, 0.05) is 16.8 Å². The second-order valence-corrected chi connectivity index (χ2v) is 17.6. The standard InChI is InChI=1S/C59H43N/c1-58(2,3)39-32-34-49-54(36-39)59(51-27-14-11-25-47(51)48-26-12-15-28-52(48)59)53-29-17-31-56(57(49)53)60(55-30-16-13-20-41(55)38-18-5-4-6-19-38)40-33-35-46-44-23-8-7-21-42(44)43-22-9-10-24-45(43)50(46)37-40/h4-37H,1-3H3. The second-order valence-electron chi connectivity index (χ2n) is 17.6. The molecule has 0 aliphatic heterocycles. The van der Waals surface area contributed by atoms with Gasteiger partial charge < -0.3 is 4.90 Å². The fourth-order valence-electron chi connectivity index (χ4n) is 10.8. The Labute approximate surface area is 351 Å². The van der Waals surface area contributed by atoms with Crippen molar-refractivity contribution < 1.29 is 0 Å². The zero-order valence-corrected chi connectivity index (χ0v) is 34.1. The van der Waals surface area contributed by atoms with Gasteiger partial charge in [-0.25, -0.2) is 0 Å². The molecule has 0 heterocycles. The molecule has 0 N–H and O–H groups in total. The highest BCUT2D eigenvalue weighted by molar-refractivity contribution is 6.26. The first-order valence-corrected chi connectivity index (χ1v) is 21.2. The third-order valence-electron chi connectivity index (χ3n) is 13.4. The zero-order valence-electron chi connectivity index (χ0n) is 34.1. The minimum absolute atomic E-state index is 0.0236. The monoisotopic (exact) mass is 765 g/mol. The molecule has 10 aromatic carbocycles. The van der Waals surface area contributed by atoms with Gasteiger partial charge in [0.1, 0.15) is 0 Å². The summed E-state index contributed by atoms with van der Waals surface area (Å²) in [5.41, 5.74) is 17.3. The van der Waals surface area contributed by atoms with Crippen molar-refractivity contribution in [2.24, 2.45) is 0 Å². The lowest BCUT2D eigenvalue weighted by atomic mass is 9.69. The van der Waals surface area contributed by atoms with Crippen LogP contribution in [-0.4, -0.2) is 0 Å². The lowest BCUT2D eigenvalue weighted by molar-refractivity contribution is 0.588. The fourth-order valence-corrected chi connectivity index (χ4v) is 10.8.